The van der Waals surface area contributed by atoms with Crippen LogP contribution in [0.4, 0.5) is 4.39 Å². The van der Waals surface area contributed by atoms with Crippen LogP contribution >= 0.6 is 0 Å². The van der Waals surface area contributed by atoms with E-state index in [1.54, 1.807) is 12.1 Å². The van der Waals surface area contributed by atoms with Gasteiger partial charge < -0.3 is 10.1 Å². The summed E-state index contributed by atoms with van der Waals surface area (Å²) in [6.45, 7) is 6.74. The summed E-state index contributed by atoms with van der Waals surface area (Å²) in [4.78, 5) is 0. The molecular formula is C18H22FNO. The zero-order valence-electron chi connectivity index (χ0n) is 12.8. The van der Waals surface area contributed by atoms with Gasteiger partial charge in [0.15, 0.2) is 0 Å². The molecule has 2 rings (SSSR count). The van der Waals surface area contributed by atoms with Gasteiger partial charge in [0.1, 0.15) is 11.6 Å². The van der Waals surface area contributed by atoms with Gasteiger partial charge in [-0.3, -0.25) is 0 Å². The van der Waals surface area contributed by atoms with Gasteiger partial charge in [-0.05, 0) is 44.5 Å². The first-order valence-electron chi connectivity index (χ1n) is 7.29. The number of para-hydroxylation sites is 1. The average Bonchev–Trinajstić information content (AvgIpc) is 2.45. The van der Waals surface area contributed by atoms with E-state index in [0.29, 0.717) is 6.54 Å². The molecule has 112 valence electrons. The van der Waals surface area contributed by atoms with E-state index in [9.17, 15) is 4.39 Å². The minimum atomic E-state index is -0.204. The first-order valence-corrected chi connectivity index (χ1v) is 7.29. The Morgan fingerprint density at radius 2 is 1.81 bits per heavy atom. The molecule has 1 unspecified atom stereocenters. The fourth-order valence-corrected chi connectivity index (χ4v) is 2.18. The van der Waals surface area contributed by atoms with Crippen LogP contribution in [0.5, 0.6) is 5.75 Å². The van der Waals surface area contributed by atoms with Crippen LogP contribution in [-0.2, 0) is 6.54 Å². The maximum atomic E-state index is 13.3. The van der Waals surface area contributed by atoms with E-state index in [0.717, 1.165) is 16.9 Å². The maximum Gasteiger partial charge on any atom is 0.124 e. The van der Waals surface area contributed by atoms with Gasteiger partial charge in [0.25, 0.3) is 0 Å². The molecule has 0 bridgehead atoms. The standard InChI is InChI=1S/C18H22FNO/c1-13(2)21-18-10-5-4-7-16(18)12-20-14(3)15-8-6-9-17(19)11-15/h4-11,13-14,20H,12H2,1-3H3. The van der Waals surface area contributed by atoms with Crippen molar-refractivity contribution in [2.75, 3.05) is 0 Å². The highest BCUT2D eigenvalue weighted by Gasteiger charge is 2.09. The Morgan fingerprint density at radius 3 is 2.52 bits per heavy atom. The minimum absolute atomic E-state index is 0.0767. The van der Waals surface area contributed by atoms with Crippen molar-refractivity contribution in [2.45, 2.75) is 39.5 Å². The summed E-state index contributed by atoms with van der Waals surface area (Å²) in [6, 6.07) is 14.8. The average molecular weight is 287 g/mol. The van der Waals surface area contributed by atoms with Crippen LogP contribution in [0, 0.1) is 5.82 Å². The molecule has 21 heavy (non-hydrogen) atoms. The molecule has 0 aromatic heterocycles. The van der Waals surface area contributed by atoms with Crippen molar-refractivity contribution in [1.82, 2.24) is 5.32 Å². The largest absolute Gasteiger partial charge is 0.491 e. The highest BCUT2D eigenvalue weighted by atomic mass is 19.1. The fraction of sp³-hybridized carbons (Fsp3) is 0.333. The number of nitrogens with one attached hydrogen (secondary N) is 1. The molecule has 0 radical (unpaired) electrons. The van der Waals surface area contributed by atoms with Crippen LogP contribution < -0.4 is 10.1 Å². The minimum Gasteiger partial charge on any atom is -0.491 e. The van der Waals surface area contributed by atoms with E-state index < -0.39 is 0 Å². The number of rotatable bonds is 6. The number of hydrogen-bond acceptors (Lipinski definition) is 2. The Labute approximate surface area is 126 Å². The zero-order chi connectivity index (χ0) is 15.2. The monoisotopic (exact) mass is 287 g/mol. The van der Waals surface area contributed by atoms with Crippen LogP contribution in [0.2, 0.25) is 0 Å². The van der Waals surface area contributed by atoms with Crippen LogP contribution in [0.25, 0.3) is 0 Å². The van der Waals surface area contributed by atoms with Crippen LogP contribution in [0.15, 0.2) is 48.5 Å². The van der Waals surface area contributed by atoms with Gasteiger partial charge in [0.05, 0.1) is 6.10 Å². The van der Waals surface area contributed by atoms with Gasteiger partial charge in [0.2, 0.25) is 0 Å². The molecule has 1 N–H and O–H groups in total. The number of halogens is 1. The molecule has 1 atom stereocenters. The van der Waals surface area contributed by atoms with Crippen molar-refractivity contribution >= 4 is 0 Å². The normalized spacial score (nSPS) is 12.4. The Balaban J connectivity index is 2.02. The summed E-state index contributed by atoms with van der Waals surface area (Å²) in [7, 11) is 0. The van der Waals surface area contributed by atoms with E-state index >= 15 is 0 Å². The van der Waals surface area contributed by atoms with Gasteiger partial charge in [-0.2, -0.15) is 0 Å². The Hall–Kier alpha value is -1.87. The van der Waals surface area contributed by atoms with E-state index in [1.165, 1.54) is 6.07 Å². The first-order chi connectivity index (χ1) is 10.1. The highest BCUT2D eigenvalue weighted by Crippen LogP contribution is 2.21. The summed E-state index contributed by atoms with van der Waals surface area (Å²) in [5.74, 6) is 0.691. The number of hydrogen-bond donors (Lipinski definition) is 1. The lowest BCUT2D eigenvalue weighted by molar-refractivity contribution is 0.239. The third-order valence-corrected chi connectivity index (χ3v) is 3.28. The van der Waals surface area contributed by atoms with Crippen molar-refractivity contribution in [1.29, 1.82) is 0 Å². The van der Waals surface area contributed by atoms with Gasteiger partial charge >= 0.3 is 0 Å². The molecule has 0 aliphatic carbocycles. The Kier molecular flexibility index (Phi) is 5.34. The molecule has 0 fully saturated rings. The Bertz CT molecular complexity index is 583. The lowest BCUT2D eigenvalue weighted by atomic mass is 10.1. The molecule has 2 aromatic carbocycles. The predicted octanol–water partition coefficient (Wildman–Crippen LogP) is 4.46. The second-order valence-electron chi connectivity index (χ2n) is 5.43. The predicted molar refractivity (Wildman–Crippen MR) is 83.9 cm³/mol. The third kappa shape index (κ3) is 4.57. The zero-order valence-corrected chi connectivity index (χ0v) is 12.8. The molecule has 0 aliphatic rings. The highest BCUT2D eigenvalue weighted by molar-refractivity contribution is 5.33. The summed E-state index contributed by atoms with van der Waals surface area (Å²) >= 11 is 0. The first kappa shape index (κ1) is 15.5. The second-order valence-corrected chi connectivity index (χ2v) is 5.43. The maximum absolute atomic E-state index is 13.3. The number of ether oxygens (including phenoxy) is 1. The van der Waals surface area contributed by atoms with Gasteiger partial charge in [-0.25, -0.2) is 4.39 Å². The topological polar surface area (TPSA) is 21.3 Å². The Morgan fingerprint density at radius 1 is 1.05 bits per heavy atom. The van der Waals surface area contributed by atoms with Crippen molar-refractivity contribution < 1.29 is 9.13 Å². The molecule has 2 nitrogen and oxygen atoms in total. The molecule has 0 heterocycles. The molecule has 0 saturated heterocycles. The second kappa shape index (κ2) is 7.23. The van der Waals surface area contributed by atoms with Crippen molar-refractivity contribution in [3.8, 4) is 5.75 Å². The van der Waals surface area contributed by atoms with Gasteiger partial charge in [-0.1, -0.05) is 30.3 Å². The molecule has 0 saturated carbocycles. The van der Waals surface area contributed by atoms with Crippen LogP contribution in [-0.4, -0.2) is 6.10 Å². The molecule has 2 aromatic rings. The molecular weight excluding hydrogens is 265 g/mol. The summed E-state index contributed by atoms with van der Waals surface area (Å²) in [6.07, 6.45) is 0.145. The smallest absolute Gasteiger partial charge is 0.124 e. The molecule has 3 heteroatoms. The summed E-state index contributed by atoms with van der Waals surface area (Å²) in [5.41, 5.74) is 2.05. The lowest BCUT2D eigenvalue weighted by Gasteiger charge is -2.18. The van der Waals surface area contributed by atoms with E-state index in [-0.39, 0.29) is 18.0 Å². The summed E-state index contributed by atoms with van der Waals surface area (Å²) in [5, 5.41) is 3.41. The molecule has 0 aliphatic heterocycles. The van der Waals surface area contributed by atoms with E-state index in [4.69, 9.17) is 4.74 Å². The quantitative estimate of drug-likeness (QED) is 0.846. The fourth-order valence-electron chi connectivity index (χ4n) is 2.18. The van der Waals surface area contributed by atoms with Crippen molar-refractivity contribution in [3.05, 3.63) is 65.5 Å². The summed E-state index contributed by atoms with van der Waals surface area (Å²) < 4.78 is 19.1. The number of benzene rings is 2. The van der Waals surface area contributed by atoms with Crippen molar-refractivity contribution in [2.24, 2.45) is 0 Å². The van der Waals surface area contributed by atoms with Gasteiger partial charge in [0, 0.05) is 18.2 Å². The van der Waals surface area contributed by atoms with Gasteiger partial charge in [-0.15, -0.1) is 0 Å². The molecule has 0 amide bonds. The SMILES string of the molecule is CC(C)Oc1ccccc1CNC(C)c1cccc(F)c1. The van der Waals surface area contributed by atoms with Crippen LogP contribution in [0.1, 0.15) is 37.9 Å². The van der Waals surface area contributed by atoms with E-state index in [1.807, 2.05) is 51.1 Å². The third-order valence-electron chi connectivity index (χ3n) is 3.28. The molecule has 0 spiro atoms. The van der Waals surface area contributed by atoms with E-state index in [2.05, 4.69) is 5.32 Å². The lowest BCUT2D eigenvalue weighted by Crippen LogP contribution is -2.19. The van der Waals surface area contributed by atoms with Crippen LogP contribution in [0.3, 0.4) is 0 Å². The van der Waals surface area contributed by atoms with Crippen molar-refractivity contribution in [3.63, 3.8) is 0 Å².